The number of hydrogen-bond acceptors (Lipinski definition) is 4. The zero-order chi connectivity index (χ0) is 12.8. The SMILES string of the molecule is COC1CCCC(N2CCN(CCCN)CC2)C1. The summed E-state index contributed by atoms with van der Waals surface area (Å²) in [6, 6.07) is 0.764. The Bertz CT molecular complexity index is 229. The van der Waals surface area contributed by atoms with Crippen LogP contribution in [-0.4, -0.2) is 68.3 Å². The van der Waals surface area contributed by atoms with Gasteiger partial charge in [0.25, 0.3) is 0 Å². The molecule has 2 N–H and O–H groups in total. The van der Waals surface area contributed by atoms with Crippen LogP contribution >= 0.6 is 0 Å². The molecule has 2 aliphatic rings. The largest absolute Gasteiger partial charge is 0.381 e. The van der Waals surface area contributed by atoms with Gasteiger partial charge in [-0.25, -0.2) is 0 Å². The first-order valence-electron chi connectivity index (χ1n) is 7.52. The lowest BCUT2D eigenvalue weighted by Gasteiger charge is -2.42. The highest BCUT2D eigenvalue weighted by Gasteiger charge is 2.28. The first-order valence-corrected chi connectivity index (χ1v) is 7.52. The first-order chi connectivity index (χ1) is 8.83. The third-order valence-electron chi connectivity index (χ3n) is 4.53. The van der Waals surface area contributed by atoms with Crippen molar-refractivity contribution in [2.45, 2.75) is 44.2 Å². The minimum atomic E-state index is 0.499. The van der Waals surface area contributed by atoms with Gasteiger partial charge in [-0.3, -0.25) is 4.90 Å². The molecule has 0 radical (unpaired) electrons. The molecule has 4 heteroatoms. The Hall–Kier alpha value is -0.160. The van der Waals surface area contributed by atoms with Crippen LogP contribution in [0.1, 0.15) is 32.1 Å². The van der Waals surface area contributed by atoms with E-state index in [1.165, 1.54) is 58.4 Å². The lowest BCUT2D eigenvalue weighted by atomic mass is 9.91. The van der Waals surface area contributed by atoms with E-state index in [1.807, 2.05) is 7.11 Å². The topological polar surface area (TPSA) is 41.7 Å². The molecular weight excluding hydrogens is 226 g/mol. The quantitative estimate of drug-likeness (QED) is 0.793. The van der Waals surface area contributed by atoms with E-state index < -0.39 is 0 Å². The van der Waals surface area contributed by atoms with Gasteiger partial charge >= 0.3 is 0 Å². The van der Waals surface area contributed by atoms with E-state index in [4.69, 9.17) is 10.5 Å². The molecule has 4 nitrogen and oxygen atoms in total. The molecule has 18 heavy (non-hydrogen) atoms. The predicted molar refractivity (Wildman–Crippen MR) is 74.7 cm³/mol. The van der Waals surface area contributed by atoms with E-state index in [0.717, 1.165) is 19.0 Å². The summed E-state index contributed by atoms with van der Waals surface area (Å²) in [7, 11) is 1.86. The molecule has 1 saturated heterocycles. The predicted octanol–water partition coefficient (Wildman–Crippen LogP) is 0.910. The molecule has 0 aromatic rings. The van der Waals surface area contributed by atoms with Gasteiger partial charge < -0.3 is 15.4 Å². The smallest absolute Gasteiger partial charge is 0.0586 e. The average Bonchev–Trinajstić information content (AvgIpc) is 2.46. The molecule has 2 fully saturated rings. The summed E-state index contributed by atoms with van der Waals surface area (Å²) in [5.74, 6) is 0. The Balaban J connectivity index is 1.72. The Morgan fingerprint density at radius 1 is 1.17 bits per heavy atom. The maximum atomic E-state index is 5.57. The summed E-state index contributed by atoms with van der Waals surface area (Å²) < 4.78 is 5.54. The minimum absolute atomic E-state index is 0.499. The fourth-order valence-electron chi connectivity index (χ4n) is 3.33. The monoisotopic (exact) mass is 255 g/mol. The van der Waals surface area contributed by atoms with Gasteiger partial charge in [-0.2, -0.15) is 0 Å². The lowest BCUT2D eigenvalue weighted by molar-refractivity contribution is 0.0117. The highest BCUT2D eigenvalue weighted by molar-refractivity contribution is 4.84. The Labute approximate surface area is 111 Å². The first kappa shape index (κ1) is 14.3. The van der Waals surface area contributed by atoms with Crippen molar-refractivity contribution in [1.82, 2.24) is 9.80 Å². The third-order valence-corrected chi connectivity index (χ3v) is 4.53. The Morgan fingerprint density at radius 2 is 1.94 bits per heavy atom. The molecule has 0 aromatic carbocycles. The van der Waals surface area contributed by atoms with Gasteiger partial charge in [-0.1, -0.05) is 0 Å². The molecule has 1 saturated carbocycles. The van der Waals surface area contributed by atoms with Gasteiger partial charge in [-0.15, -0.1) is 0 Å². The fraction of sp³-hybridized carbons (Fsp3) is 1.00. The second kappa shape index (κ2) is 7.43. The van der Waals surface area contributed by atoms with Gasteiger partial charge in [-0.05, 0) is 45.2 Å². The highest BCUT2D eigenvalue weighted by atomic mass is 16.5. The maximum absolute atomic E-state index is 5.57. The molecule has 2 rings (SSSR count). The molecule has 1 aliphatic heterocycles. The van der Waals surface area contributed by atoms with E-state index >= 15 is 0 Å². The van der Waals surface area contributed by atoms with Crippen molar-refractivity contribution >= 4 is 0 Å². The van der Waals surface area contributed by atoms with Crippen LogP contribution in [0.25, 0.3) is 0 Å². The molecule has 2 atom stereocenters. The van der Waals surface area contributed by atoms with E-state index in [-0.39, 0.29) is 0 Å². The van der Waals surface area contributed by atoms with Crippen LogP contribution in [0.3, 0.4) is 0 Å². The Morgan fingerprint density at radius 3 is 2.61 bits per heavy atom. The lowest BCUT2D eigenvalue weighted by Crippen LogP contribution is -2.52. The van der Waals surface area contributed by atoms with Gasteiger partial charge in [0.15, 0.2) is 0 Å². The standard InChI is InChI=1S/C14H29N3O/c1-18-14-5-2-4-13(12-14)17-10-8-16(9-11-17)7-3-6-15/h13-14H,2-12,15H2,1H3. The van der Waals surface area contributed by atoms with Crippen molar-refractivity contribution in [2.24, 2.45) is 5.73 Å². The van der Waals surface area contributed by atoms with Gasteiger partial charge in [0, 0.05) is 39.3 Å². The summed E-state index contributed by atoms with van der Waals surface area (Å²) in [5.41, 5.74) is 5.57. The molecule has 0 spiro atoms. The number of piperazine rings is 1. The van der Waals surface area contributed by atoms with Crippen LogP contribution in [0, 0.1) is 0 Å². The second-order valence-electron chi connectivity index (χ2n) is 5.70. The third kappa shape index (κ3) is 3.92. The number of nitrogens with two attached hydrogens (primary N) is 1. The van der Waals surface area contributed by atoms with Gasteiger partial charge in [0.2, 0.25) is 0 Å². The van der Waals surface area contributed by atoms with Crippen LogP contribution in [0.15, 0.2) is 0 Å². The van der Waals surface area contributed by atoms with Crippen LogP contribution in [0.4, 0.5) is 0 Å². The van der Waals surface area contributed by atoms with Gasteiger partial charge in [0.05, 0.1) is 6.10 Å². The number of hydrogen-bond donors (Lipinski definition) is 1. The van der Waals surface area contributed by atoms with Crippen LogP contribution in [-0.2, 0) is 4.74 Å². The summed E-state index contributed by atoms with van der Waals surface area (Å²) in [6.45, 7) is 6.88. The molecule has 1 aliphatic carbocycles. The number of nitrogens with zero attached hydrogens (tertiary/aromatic N) is 2. The second-order valence-corrected chi connectivity index (χ2v) is 5.70. The molecule has 0 bridgehead atoms. The van der Waals surface area contributed by atoms with E-state index in [9.17, 15) is 0 Å². The summed E-state index contributed by atoms with van der Waals surface area (Å²) in [4.78, 5) is 5.24. The van der Waals surface area contributed by atoms with E-state index in [1.54, 1.807) is 0 Å². The van der Waals surface area contributed by atoms with Crippen LogP contribution in [0.2, 0.25) is 0 Å². The maximum Gasteiger partial charge on any atom is 0.0586 e. The number of ether oxygens (including phenoxy) is 1. The van der Waals surface area contributed by atoms with Crippen molar-refractivity contribution in [3.8, 4) is 0 Å². The molecular formula is C14H29N3O. The molecule has 0 amide bonds. The van der Waals surface area contributed by atoms with Crippen LogP contribution < -0.4 is 5.73 Å². The zero-order valence-corrected chi connectivity index (χ0v) is 11.8. The van der Waals surface area contributed by atoms with Crippen molar-refractivity contribution < 1.29 is 4.74 Å². The van der Waals surface area contributed by atoms with Crippen molar-refractivity contribution in [2.75, 3.05) is 46.4 Å². The normalized spacial score (nSPS) is 31.7. The molecule has 1 heterocycles. The Kier molecular flexibility index (Phi) is 5.89. The summed E-state index contributed by atoms with van der Waals surface area (Å²) >= 11 is 0. The molecule has 106 valence electrons. The van der Waals surface area contributed by atoms with Crippen molar-refractivity contribution in [3.05, 3.63) is 0 Å². The highest BCUT2D eigenvalue weighted by Crippen LogP contribution is 2.25. The molecule has 0 aromatic heterocycles. The number of rotatable bonds is 5. The van der Waals surface area contributed by atoms with Crippen molar-refractivity contribution in [3.63, 3.8) is 0 Å². The minimum Gasteiger partial charge on any atom is -0.381 e. The molecule has 2 unspecified atom stereocenters. The average molecular weight is 255 g/mol. The van der Waals surface area contributed by atoms with Crippen LogP contribution in [0.5, 0.6) is 0 Å². The fourth-order valence-corrected chi connectivity index (χ4v) is 3.33. The van der Waals surface area contributed by atoms with E-state index in [0.29, 0.717) is 6.10 Å². The summed E-state index contributed by atoms with van der Waals surface area (Å²) in [6.07, 6.45) is 6.82. The van der Waals surface area contributed by atoms with E-state index in [2.05, 4.69) is 9.80 Å². The van der Waals surface area contributed by atoms with Crippen molar-refractivity contribution in [1.29, 1.82) is 0 Å². The zero-order valence-electron chi connectivity index (χ0n) is 11.8. The van der Waals surface area contributed by atoms with Gasteiger partial charge in [0.1, 0.15) is 0 Å². The number of methoxy groups -OCH3 is 1. The summed E-state index contributed by atoms with van der Waals surface area (Å²) in [5, 5.41) is 0.